The molecule has 4 nitrogen and oxygen atoms in total. The van der Waals surface area contributed by atoms with Crippen molar-refractivity contribution < 1.29 is 9.84 Å². The van der Waals surface area contributed by atoms with E-state index in [1.807, 2.05) is 24.3 Å². The van der Waals surface area contributed by atoms with Crippen LogP contribution in [0.1, 0.15) is 11.1 Å². The van der Waals surface area contributed by atoms with Crippen LogP contribution in [0.15, 0.2) is 47.5 Å². The van der Waals surface area contributed by atoms with Gasteiger partial charge in [0, 0.05) is 17.0 Å². The van der Waals surface area contributed by atoms with E-state index in [-0.39, 0.29) is 5.84 Å². The van der Waals surface area contributed by atoms with Gasteiger partial charge in [0.05, 0.1) is 5.69 Å². The third-order valence-electron chi connectivity index (χ3n) is 4.11. The lowest BCUT2D eigenvalue weighted by molar-refractivity contribution is 0.000391. The fourth-order valence-electron chi connectivity index (χ4n) is 3.02. The third-order valence-corrected chi connectivity index (χ3v) is 4.35. The zero-order chi connectivity index (χ0) is 14.6. The van der Waals surface area contributed by atoms with Crippen molar-refractivity contribution in [2.75, 3.05) is 0 Å². The maximum atomic E-state index is 11.2. The summed E-state index contributed by atoms with van der Waals surface area (Å²) in [4.78, 5) is 4.26. The van der Waals surface area contributed by atoms with Crippen LogP contribution in [0, 0.1) is 0 Å². The van der Waals surface area contributed by atoms with Crippen LogP contribution in [0.25, 0.3) is 0 Å². The number of halogens is 1. The zero-order valence-corrected chi connectivity index (χ0v) is 11.8. The predicted molar refractivity (Wildman–Crippen MR) is 81.2 cm³/mol. The Balaban J connectivity index is 1.80. The number of amidine groups is 1. The summed E-state index contributed by atoms with van der Waals surface area (Å²) in [6, 6.07) is 12.9. The number of hydrogen-bond donors (Lipinski definition) is 2. The molecule has 5 heteroatoms. The number of rotatable bonds is 1. The van der Waals surface area contributed by atoms with Crippen LogP contribution in [0.2, 0.25) is 5.02 Å². The summed E-state index contributed by atoms with van der Waals surface area (Å²) in [5.41, 5.74) is 6.85. The number of aliphatic imine (C=N–C) groups is 1. The number of benzene rings is 2. The normalized spacial score (nSPS) is 26.0. The van der Waals surface area contributed by atoms with Crippen LogP contribution in [0.5, 0.6) is 5.75 Å². The lowest BCUT2D eigenvalue weighted by Gasteiger charge is -2.30. The van der Waals surface area contributed by atoms with Crippen molar-refractivity contribution in [1.82, 2.24) is 0 Å². The molecule has 2 aromatic carbocycles. The van der Waals surface area contributed by atoms with Gasteiger partial charge in [-0.2, -0.15) is 0 Å². The molecular formula is C16H13ClN2O2. The van der Waals surface area contributed by atoms with Gasteiger partial charge in [-0.3, -0.25) is 0 Å². The number of para-hydroxylation sites is 1. The highest BCUT2D eigenvalue weighted by molar-refractivity contribution is 6.30. The van der Waals surface area contributed by atoms with Gasteiger partial charge < -0.3 is 15.6 Å². The summed E-state index contributed by atoms with van der Waals surface area (Å²) in [6.45, 7) is 0. The number of ether oxygens (including phenoxy) is 1. The maximum Gasteiger partial charge on any atom is 0.186 e. The third kappa shape index (κ3) is 1.69. The second-order valence-electron chi connectivity index (χ2n) is 5.34. The lowest BCUT2D eigenvalue weighted by atomic mass is 9.86. The Kier molecular flexibility index (Phi) is 2.55. The first-order chi connectivity index (χ1) is 10.1. The molecule has 0 radical (unpaired) electrons. The number of nitrogens with zero attached hydrogens (tertiary/aromatic N) is 1. The molecule has 0 saturated heterocycles. The molecule has 0 aromatic heterocycles. The van der Waals surface area contributed by atoms with E-state index in [0.29, 0.717) is 22.7 Å². The summed E-state index contributed by atoms with van der Waals surface area (Å²) in [5.74, 6) is 0.928. The number of fused-ring (bicyclic) bond motifs is 2. The molecule has 3 N–H and O–H groups in total. The van der Waals surface area contributed by atoms with Crippen LogP contribution >= 0.6 is 11.6 Å². The van der Waals surface area contributed by atoms with Crippen molar-refractivity contribution in [3.05, 3.63) is 58.6 Å². The Labute approximate surface area is 126 Å². The van der Waals surface area contributed by atoms with E-state index in [0.717, 1.165) is 11.3 Å². The van der Waals surface area contributed by atoms with Crippen LogP contribution in [0.3, 0.4) is 0 Å². The Morgan fingerprint density at radius 1 is 1.29 bits per heavy atom. The van der Waals surface area contributed by atoms with Crippen molar-refractivity contribution in [1.29, 1.82) is 0 Å². The standard InChI is InChI=1S/C16H13ClN2O2/c17-10-5-6-12-11(8-10)16(20,15(18)19-12)14-7-9-3-1-2-4-13(9)21-14/h1-6,8,14,20H,7H2,(H2,18,19). The molecule has 106 valence electrons. The Morgan fingerprint density at radius 2 is 2.10 bits per heavy atom. The highest BCUT2D eigenvalue weighted by atomic mass is 35.5. The van der Waals surface area contributed by atoms with Crippen LogP contribution in [-0.4, -0.2) is 17.0 Å². The largest absolute Gasteiger partial charge is 0.486 e. The fraction of sp³-hybridized carbons (Fsp3) is 0.188. The van der Waals surface area contributed by atoms with E-state index >= 15 is 0 Å². The van der Waals surface area contributed by atoms with E-state index in [4.69, 9.17) is 22.1 Å². The molecule has 0 fully saturated rings. The monoisotopic (exact) mass is 300 g/mol. The Morgan fingerprint density at radius 3 is 2.90 bits per heavy atom. The van der Waals surface area contributed by atoms with Gasteiger partial charge in [-0.25, -0.2) is 4.99 Å². The first-order valence-electron chi connectivity index (χ1n) is 6.70. The van der Waals surface area contributed by atoms with Gasteiger partial charge in [0.15, 0.2) is 5.60 Å². The minimum absolute atomic E-state index is 0.151. The molecule has 2 atom stereocenters. The Bertz CT molecular complexity index is 750. The first kappa shape index (κ1) is 12.7. The quantitative estimate of drug-likeness (QED) is 0.850. The molecular weight excluding hydrogens is 288 g/mol. The van der Waals surface area contributed by atoms with E-state index in [1.165, 1.54) is 0 Å². The molecule has 2 aromatic rings. The van der Waals surface area contributed by atoms with Gasteiger partial charge >= 0.3 is 0 Å². The molecule has 0 amide bonds. The molecule has 2 aliphatic heterocycles. The second-order valence-corrected chi connectivity index (χ2v) is 5.78. The fourth-order valence-corrected chi connectivity index (χ4v) is 3.19. The predicted octanol–water partition coefficient (Wildman–Crippen LogP) is 2.53. The topological polar surface area (TPSA) is 67.8 Å². The summed E-state index contributed by atoms with van der Waals surface area (Å²) in [5, 5.41) is 11.7. The molecule has 2 heterocycles. The number of aliphatic hydroxyl groups is 1. The average Bonchev–Trinajstić information content (AvgIpc) is 3.01. The van der Waals surface area contributed by atoms with Crippen molar-refractivity contribution >= 4 is 23.1 Å². The molecule has 4 rings (SSSR count). The van der Waals surface area contributed by atoms with Gasteiger partial charge in [-0.1, -0.05) is 29.8 Å². The van der Waals surface area contributed by atoms with Crippen LogP contribution in [-0.2, 0) is 12.0 Å². The molecule has 0 saturated carbocycles. The van der Waals surface area contributed by atoms with Crippen LogP contribution in [0.4, 0.5) is 5.69 Å². The lowest BCUT2D eigenvalue weighted by Crippen LogP contribution is -2.50. The SMILES string of the molecule is NC1=Nc2ccc(Cl)cc2C1(O)C1Cc2ccccc2O1. The molecule has 2 aliphatic rings. The van der Waals surface area contributed by atoms with Gasteiger partial charge in [-0.05, 0) is 29.8 Å². The molecule has 2 unspecified atom stereocenters. The van der Waals surface area contributed by atoms with E-state index in [2.05, 4.69) is 4.99 Å². The van der Waals surface area contributed by atoms with E-state index < -0.39 is 11.7 Å². The van der Waals surface area contributed by atoms with Gasteiger partial charge in [0.1, 0.15) is 17.7 Å². The van der Waals surface area contributed by atoms with Crippen LogP contribution < -0.4 is 10.5 Å². The van der Waals surface area contributed by atoms with Crippen molar-refractivity contribution in [2.45, 2.75) is 18.1 Å². The molecule has 0 spiro atoms. The maximum absolute atomic E-state index is 11.2. The minimum Gasteiger partial charge on any atom is -0.486 e. The van der Waals surface area contributed by atoms with E-state index in [9.17, 15) is 5.11 Å². The molecule has 21 heavy (non-hydrogen) atoms. The summed E-state index contributed by atoms with van der Waals surface area (Å²) in [7, 11) is 0. The summed E-state index contributed by atoms with van der Waals surface area (Å²) in [6.07, 6.45) is 0.0767. The molecule has 0 bridgehead atoms. The van der Waals surface area contributed by atoms with E-state index in [1.54, 1.807) is 18.2 Å². The number of nitrogens with two attached hydrogens (primary N) is 1. The second kappa shape index (κ2) is 4.23. The summed E-state index contributed by atoms with van der Waals surface area (Å²) >= 11 is 6.05. The summed E-state index contributed by atoms with van der Waals surface area (Å²) < 4.78 is 5.91. The van der Waals surface area contributed by atoms with Gasteiger partial charge in [0.25, 0.3) is 0 Å². The first-order valence-corrected chi connectivity index (χ1v) is 7.08. The minimum atomic E-state index is -1.45. The highest BCUT2D eigenvalue weighted by Gasteiger charge is 2.51. The molecule has 0 aliphatic carbocycles. The van der Waals surface area contributed by atoms with Crippen molar-refractivity contribution in [2.24, 2.45) is 10.7 Å². The highest BCUT2D eigenvalue weighted by Crippen LogP contribution is 2.45. The van der Waals surface area contributed by atoms with Gasteiger partial charge in [-0.15, -0.1) is 0 Å². The smallest absolute Gasteiger partial charge is 0.186 e. The van der Waals surface area contributed by atoms with Crippen molar-refractivity contribution in [3.63, 3.8) is 0 Å². The van der Waals surface area contributed by atoms with Crippen molar-refractivity contribution in [3.8, 4) is 5.75 Å². The van der Waals surface area contributed by atoms with Gasteiger partial charge in [0.2, 0.25) is 0 Å². The zero-order valence-electron chi connectivity index (χ0n) is 11.1. The number of hydrogen-bond acceptors (Lipinski definition) is 4. The average molecular weight is 301 g/mol. The Hall–Kier alpha value is -2.04.